The molecule has 4 heteroatoms. The van der Waals surface area contributed by atoms with Crippen LogP contribution in [0.25, 0.3) is 17.2 Å². The van der Waals surface area contributed by atoms with Crippen LogP contribution in [0.4, 0.5) is 5.69 Å². The van der Waals surface area contributed by atoms with Crippen LogP contribution in [0.15, 0.2) is 64.9 Å². The summed E-state index contributed by atoms with van der Waals surface area (Å²) >= 11 is 0. The van der Waals surface area contributed by atoms with Crippen molar-refractivity contribution >= 4 is 22.9 Å². The number of allylic oxidation sites excluding steroid dienone is 2. The second-order valence-corrected chi connectivity index (χ2v) is 8.84. The Morgan fingerprint density at radius 1 is 0.879 bits per heavy atom. The van der Waals surface area contributed by atoms with Crippen LogP contribution in [0.2, 0.25) is 0 Å². The topological polar surface area (TPSA) is 38.3 Å². The fourth-order valence-electron chi connectivity index (χ4n) is 4.45. The zero-order valence-electron chi connectivity index (χ0n) is 20.1. The Morgan fingerprint density at radius 2 is 1.70 bits per heavy atom. The first-order valence-corrected chi connectivity index (χ1v) is 12.7. The summed E-state index contributed by atoms with van der Waals surface area (Å²) in [5.41, 5.74) is 4.64. The number of rotatable bonds is 12. The number of ether oxygens (including phenoxy) is 1. The third kappa shape index (κ3) is 5.87. The maximum Gasteiger partial charge on any atom is 0.374 e. The van der Waals surface area contributed by atoms with Gasteiger partial charge in [0.1, 0.15) is 0 Å². The monoisotopic (exact) mass is 445 g/mol. The maximum atomic E-state index is 6.34. The van der Waals surface area contributed by atoms with Crippen LogP contribution in [0, 0.1) is 0 Å². The van der Waals surface area contributed by atoms with E-state index in [4.69, 9.17) is 9.15 Å². The molecule has 0 spiro atoms. The molecule has 1 aliphatic rings. The summed E-state index contributed by atoms with van der Waals surface area (Å²) in [6, 6.07) is 14.5. The molecule has 2 aromatic carbocycles. The summed E-state index contributed by atoms with van der Waals surface area (Å²) in [5, 5.41) is 3.30. The molecule has 1 aliphatic heterocycles. The Kier molecular flexibility index (Phi) is 8.24. The van der Waals surface area contributed by atoms with Gasteiger partial charge in [-0.05, 0) is 49.6 Å². The lowest BCUT2D eigenvalue weighted by atomic mass is 10.0. The number of nitrogens with zero attached hydrogens (tertiary/aromatic N) is 1. The molecule has 0 fully saturated rings. The molecule has 0 bridgehead atoms. The molecule has 0 atom stereocenters. The lowest BCUT2D eigenvalue weighted by molar-refractivity contribution is -0.678. The van der Waals surface area contributed by atoms with Crippen LogP contribution >= 0.6 is 0 Å². The van der Waals surface area contributed by atoms with E-state index in [-0.39, 0.29) is 0 Å². The van der Waals surface area contributed by atoms with Gasteiger partial charge >= 0.3 is 5.89 Å². The fraction of sp³-hybridized carbons (Fsp3) is 0.414. The van der Waals surface area contributed by atoms with Crippen molar-refractivity contribution in [3.63, 3.8) is 0 Å². The van der Waals surface area contributed by atoms with Crippen LogP contribution < -0.4 is 14.6 Å². The number of benzene rings is 2. The molecule has 1 N–H and O–H groups in total. The van der Waals surface area contributed by atoms with Crippen molar-refractivity contribution in [1.29, 1.82) is 0 Å². The van der Waals surface area contributed by atoms with Crippen LogP contribution in [0.3, 0.4) is 0 Å². The molecule has 174 valence electrons. The molecule has 33 heavy (non-hydrogen) atoms. The van der Waals surface area contributed by atoms with E-state index in [9.17, 15) is 0 Å². The summed E-state index contributed by atoms with van der Waals surface area (Å²) in [7, 11) is 0. The Balaban J connectivity index is 1.56. The van der Waals surface area contributed by atoms with E-state index in [1.54, 1.807) is 0 Å². The van der Waals surface area contributed by atoms with Gasteiger partial charge in [-0.1, -0.05) is 70.2 Å². The highest BCUT2D eigenvalue weighted by Crippen LogP contribution is 2.32. The average Bonchev–Trinajstić information content (AvgIpc) is 3.41. The van der Waals surface area contributed by atoms with Crippen LogP contribution in [-0.2, 0) is 13.0 Å². The van der Waals surface area contributed by atoms with Crippen LogP contribution in [0.5, 0.6) is 5.75 Å². The number of anilines is 1. The number of hydrogen-bond donors (Lipinski definition) is 1. The van der Waals surface area contributed by atoms with Gasteiger partial charge in [-0.15, -0.1) is 0 Å². The number of hydrogen-bond acceptors (Lipinski definition) is 3. The number of unbranched alkanes of at least 4 members (excludes halogenated alkanes) is 6. The Hall–Kier alpha value is -3.01. The van der Waals surface area contributed by atoms with Gasteiger partial charge in [0.2, 0.25) is 5.58 Å². The van der Waals surface area contributed by atoms with Gasteiger partial charge in [0.15, 0.2) is 18.2 Å². The highest BCUT2D eigenvalue weighted by Gasteiger charge is 2.23. The average molecular weight is 446 g/mol. The summed E-state index contributed by atoms with van der Waals surface area (Å²) in [6.07, 6.45) is 17.2. The molecule has 0 radical (unpaired) electrons. The Labute approximate surface area is 198 Å². The molecule has 3 aromatic rings. The second kappa shape index (κ2) is 11.7. The fourth-order valence-corrected chi connectivity index (χ4v) is 4.45. The van der Waals surface area contributed by atoms with Gasteiger partial charge in [0, 0.05) is 12.0 Å². The number of aryl methyl sites for hydroxylation is 2. The van der Waals surface area contributed by atoms with E-state index in [0.29, 0.717) is 0 Å². The standard InChI is InChI=1S/C29H36N2O2/c1-3-5-7-9-15-23-16-13-19-26-29(23)31(22-12-8-6-4-2)28(33-26)21-14-20-27-30-24-17-10-11-18-25(24)32-27/h10-11,13-14,16-21H,3-9,12,15,22H2,1-2H3/p+1. The number of fused-ring (bicyclic) bond motifs is 2. The van der Waals surface area contributed by atoms with Crippen molar-refractivity contribution in [3.05, 3.63) is 72.0 Å². The van der Waals surface area contributed by atoms with Crippen molar-refractivity contribution in [2.75, 3.05) is 5.32 Å². The van der Waals surface area contributed by atoms with Gasteiger partial charge < -0.3 is 14.5 Å². The number of oxazole rings is 1. The van der Waals surface area contributed by atoms with E-state index in [2.05, 4.69) is 48.0 Å². The molecular formula is C29H37N2O2+. The van der Waals surface area contributed by atoms with Gasteiger partial charge in [-0.2, -0.15) is 4.57 Å². The minimum absolute atomic E-state index is 0.731. The first-order valence-electron chi connectivity index (χ1n) is 12.7. The molecule has 0 saturated carbocycles. The quantitative estimate of drug-likeness (QED) is 0.228. The SMILES string of the molecule is CCCCCCc1cccc2oc(C=CC=C3Nc4ccccc4O3)[n+](CCCCCC)c12. The van der Waals surface area contributed by atoms with E-state index in [0.717, 1.165) is 41.8 Å². The van der Waals surface area contributed by atoms with E-state index in [1.807, 2.05) is 36.4 Å². The largest absolute Gasteiger partial charge is 0.439 e. The van der Waals surface area contributed by atoms with E-state index in [1.165, 1.54) is 62.4 Å². The van der Waals surface area contributed by atoms with Crippen molar-refractivity contribution < 1.29 is 13.7 Å². The zero-order valence-corrected chi connectivity index (χ0v) is 20.1. The summed E-state index contributed by atoms with van der Waals surface area (Å²) in [5.74, 6) is 2.49. The first kappa shape index (κ1) is 23.2. The Morgan fingerprint density at radius 3 is 2.52 bits per heavy atom. The van der Waals surface area contributed by atoms with Crippen molar-refractivity contribution in [2.45, 2.75) is 78.2 Å². The molecule has 0 amide bonds. The first-order chi connectivity index (χ1) is 16.3. The Bertz CT molecular complexity index is 1080. The van der Waals surface area contributed by atoms with E-state index >= 15 is 0 Å². The maximum absolute atomic E-state index is 6.34. The molecule has 1 aromatic heterocycles. The zero-order chi connectivity index (χ0) is 22.9. The highest BCUT2D eigenvalue weighted by molar-refractivity contribution is 5.74. The van der Waals surface area contributed by atoms with Crippen molar-refractivity contribution in [1.82, 2.24) is 0 Å². The summed E-state index contributed by atoms with van der Waals surface area (Å²) in [4.78, 5) is 0. The number of nitrogens with one attached hydrogen (secondary N) is 1. The lowest BCUT2D eigenvalue weighted by Gasteiger charge is -2.02. The van der Waals surface area contributed by atoms with Gasteiger partial charge in [-0.3, -0.25) is 0 Å². The van der Waals surface area contributed by atoms with Gasteiger partial charge in [0.25, 0.3) is 5.52 Å². The summed E-state index contributed by atoms with van der Waals surface area (Å²) < 4.78 is 14.6. The van der Waals surface area contributed by atoms with Crippen LogP contribution in [-0.4, -0.2) is 0 Å². The highest BCUT2D eigenvalue weighted by atomic mass is 16.5. The van der Waals surface area contributed by atoms with E-state index < -0.39 is 0 Å². The molecule has 4 rings (SSSR count). The second-order valence-electron chi connectivity index (χ2n) is 8.84. The molecule has 0 unspecified atom stereocenters. The van der Waals surface area contributed by atoms with Crippen molar-refractivity contribution in [3.8, 4) is 5.75 Å². The molecule has 2 heterocycles. The lowest BCUT2D eigenvalue weighted by Crippen LogP contribution is -2.36. The third-order valence-electron chi connectivity index (χ3n) is 6.22. The summed E-state index contributed by atoms with van der Waals surface area (Å²) in [6.45, 7) is 5.50. The number of para-hydroxylation sites is 3. The normalized spacial score (nSPS) is 14.2. The van der Waals surface area contributed by atoms with Crippen molar-refractivity contribution in [2.24, 2.45) is 0 Å². The predicted octanol–water partition coefficient (Wildman–Crippen LogP) is 7.78. The van der Waals surface area contributed by atoms with Crippen LogP contribution in [0.1, 0.15) is 76.7 Å². The number of aromatic nitrogens is 1. The smallest absolute Gasteiger partial charge is 0.374 e. The predicted molar refractivity (Wildman–Crippen MR) is 136 cm³/mol. The molecule has 0 aliphatic carbocycles. The molecule has 4 nitrogen and oxygen atoms in total. The third-order valence-corrected chi connectivity index (χ3v) is 6.22. The van der Waals surface area contributed by atoms with Gasteiger partial charge in [-0.25, -0.2) is 0 Å². The molecular weight excluding hydrogens is 408 g/mol. The minimum atomic E-state index is 0.731. The minimum Gasteiger partial charge on any atom is -0.439 e. The van der Waals surface area contributed by atoms with Gasteiger partial charge in [0.05, 0.1) is 11.8 Å². The molecule has 0 saturated heterocycles.